The molecule has 1 aromatic carbocycles. The van der Waals surface area contributed by atoms with Crippen molar-refractivity contribution in [1.29, 1.82) is 0 Å². The fraction of sp³-hybridized carbons (Fsp3) is 0.500. The van der Waals surface area contributed by atoms with Gasteiger partial charge in [-0.2, -0.15) is 0 Å². The van der Waals surface area contributed by atoms with Crippen molar-refractivity contribution in [3.63, 3.8) is 0 Å². The minimum absolute atomic E-state index is 0.0285. The molecule has 1 aliphatic rings. The van der Waals surface area contributed by atoms with Gasteiger partial charge in [-0.25, -0.2) is 9.18 Å². The molecule has 7 nitrogen and oxygen atoms in total. The Balaban J connectivity index is 1.73. The fourth-order valence-corrected chi connectivity index (χ4v) is 5.07. The second kappa shape index (κ2) is 10.8. The lowest BCUT2D eigenvalue weighted by Crippen LogP contribution is -2.35. The monoisotopic (exact) mass is 522 g/mol. The summed E-state index contributed by atoms with van der Waals surface area (Å²) in [4.78, 5) is 33.9. The van der Waals surface area contributed by atoms with Gasteiger partial charge in [-0.15, -0.1) is 0 Å². The van der Waals surface area contributed by atoms with Crippen LogP contribution in [0.4, 0.5) is 9.18 Å². The van der Waals surface area contributed by atoms with Crippen LogP contribution in [0.2, 0.25) is 0 Å². The van der Waals surface area contributed by atoms with Gasteiger partial charge in [0.2, 0.25) is 0 Å². The van der Waals surface area contributed by atoms with Crippen molar-refractivity contribution in [2.45, 2.75) is 72.4 Å². The van der Waals surface area contributed by atoms with Crippen LogP contribution >= 0.6 is 0 Å². The molecular formula is C30H39FN4O3. The van der Waals surface area contributed by atoms with Crippen LogP contribution in [0.15, 0.2) is 36.8 Å². The van der Waals surface area contributed by atoms with Gasteiger partial charge in [0.25, 0.3) is 5.91 Å². The zero-order valence-corrected chi connectivity index (χ0v) is 23.5. The minimum atomic E-state index is -0.528. The molecule has 2 amide bonds. The topological polar surface area (TPSA) is 67.7 Å². The number of halogens is 1. The lowest BCUT2D eigenvalue weighted by atomic mass is 9.96. The van der Waals surface area contributed by atoms with E-state index in [1.54, 1.807) is 22.9 Å². The number of likely N-dealkylation sites (tertiary alicyclic amines) is 1. The number of benzene rings is 1. The van der Waals surface area contributed by atoms with E-state index in [2.05, 4.69) is 18.1 Å². The van der Waals surface area contributed by atoms with Crippen molar-refractivity contribution < 1.29 is 18.7 Å². The van der Waals surface area contributed by atoms with Crippen LogP contribution in [-0.4, -0.2) is 63.1 Å². The van der Waals surface area contributed by atoms with Crippen LogP contribution in [0, 0.1) is 11.7 Å². The van der Waals surface area contributed by atoms with Gasteiger partial charge >= 0.3 is 6.09 Å². The predicted octanol–water partition coefficient (Wildman–Crippen LogP) is 6.01. The zero-order chi connectivity index (χ0) is 27.8. The molecule has 2 aromatic heterocycles. The number of hydrogen-bond donors (Lipinski definition) is 0. The van der Waals surface area contributed by atoms with Crippen LogP contribution in [0.3, 0.4) is 0 Å². The third-order valence-electron chi connectivity index (χ3n) is 7.24. The van der Waals surface area contributed by atoms with Crippen LogP contribution in [-0.2, 0) is 17.6 Å². The van der Waals surface area contributed by atoms with E-state index < -0.39 is 11.4 Å². The standard InChI is InChI=1S/C30H39FN4O3/c1-8-21-15-32-16-26-27(21)22(13-20-11-12-34(17-20)29(37)38-30(4,5)6)18-35(26)25-10-9-23(31)14-24(25)28(36)33(7)19(2)3/h9-10,14-16,18-20H,8,11-13,17H2,1-7H3/t20-/m1/s1. The summed E-state index contributed by atoms with van der Waals surface area (Å²) in [5.41, 5.74) is 3.54. The third kappa shape index (κ3) is 5.69. The molecule has 3 aromatic rings. The molecule has 0 saturated carbocycles. The van der Waals surface area contributed by atoms with Crippen LogP contribution in [0.1, 0.15) is 69.4 Å². The van der Waals surface area contributed by atoms with Crippen molar-refractivity contribution in [2.24, 2.45) is 5.92 Å². The lowest BCUT2D eigenvalue weighted by Gasteiger charge is -2.24. The molecule has 1 saturated heterocycles. The number of nitrogens with zero attached hydrogens (tertiary/aromatic N) is 4. The summed E-state index contributed by atoms with van der Waals surface area (Å²) in [5.74, 6) is -0.409. The number of aromatic nitrogens is 2. The van der Waals surface area contributed by atoms with E-state index >= 15 is 0 Å². The van der Waals surface area contributed by atoms with Gasteiger partial charge in [-0.05, 0) is 89.1 Å². The van der Waals surface area contributed by atoms with Crippen LogP contribution in [0.25, 0.3) is 16.6 Å². The molecule has 38 heavy (non-hydrogen) atoms. The van der Waals surface area contributed by atoms with Gasteiger partial charge in [0.15, 0.2) is 0 Å². The predicted molar refractivity (Wildman–Crippen MR) is 147 cm³/mol. The maximum absolute atomic E-state index is 14.4. The smallest absolute Gasteiger partial charge is 0.410 e. The van der Waals surface area contributed by atoms with E-state index in [1.165, 1.54) is 12.1 Å². The SMILES string of the molecule is CCc1cncc2c1c(C[C@H]1CCN(C(=O)OC(C)(C)C)C1)cn2-c1ccc(F)cc1C(=O)N(C)C(C)C. The third-order valence-corrected chi connectivity index (χ3v) is 7.24. The highest BCUT2D eigenvalue weighted by molar-refractivity contribution is 5.99. The quantitative estimate of drug-likeness (QED) is 0.398. The highest BCUT2D eigenvalue weighted by Gasteiger charge is 2.31. The highest BCUT2D eigenvalue weighted by atomic mass is 19.1. The molecule has 0 unspecified atom stereocenters. The first-order valence-corrected chi connectivity index (χ1v) is 13.4. The second-order valence-electron chi connectivity index (χ2n) is 11.5. The average molecular weight is 523 g/mol. The summed E-state index contributed by atoms with van der Waals surface area (Å²) in [6.07, 6.45) is 7.95. The number of fused-ring (bicyclic) bond motifs is 1. The first kappa shape index (κ1) is 27.6. The summed E-state index contributed by atoms with van der Waals surface area (Å²) in [5, 5.41) is 1.11. The normalized spacial score (nSPS) is 15.9. The molecule has 0 bridgehead atoms. The van der Waals surface area contributed by atoms with Gasteiger partial charge in [0.1, 0.15) is 11.4 Å². The van der Waals surface area contributed by atoms with E-state index in [1.807, 2.05) is 51.6 Å². The molecular weight excluding hydrogens is 483 g/mol. The molecule has 0 radical (unpaired) electrons. The van der Waals surface area contributed by atoms with Gasteiger partial charge < -0.3 is 19.1 Å². The van der Waals surface area contributed by atoms with Crippen molar-refractivity contribution >= 4 is 22.9 Å². The Morgan fingerprint density at radius 2 is 1.95 bits per heavy atom. The lowest BCUT2D eigenvalue weighted by molar-refractivity contribution is 0.0288. The van der Waals surface area contributed by atoms with Crippen molar-refractivity contribution in [3.8, 4) is 5.69 Å². The average Bonchev–Trinajstić information content (AvgIpc) is 3.47. The zero-order valence-electron chi connectivity index (χ0n) is 23.5. The molecule has 8 heteroatoms. The largest absolute Gasteiger partial charge is 0.444 e. The first-order valence-electron chi connectivity index (χ1n) is 13.4. The minimum Gasteiger partial charge on any atom is -0.444 e. The van der Waals surface area contributed by atoms with Crippen molar-refractivity contribution in [3.05, 3.63) is 59.3 Å². The maximum atomic E-state index is 14.4. The number of rotatable bonds is 6. The van der Waals surface area contributed by atoms with Crippen molar-refractivity contribution in [2.75, 3.05) is 20.1 Å². The first-order chi connectivity index (χ1) is 17.9. The summed E-state index contributed by atoms with van der Waals surface area (Å²) >= 11 is 0. The molecule has 1 aliphatic heterocycles. The van der Waals surface area contributed by atoms with Gasteiger partial charge in [0, 0.05) is 44.0 Å². The Morgan fingerprint density at radius 1 is 1.21 bits per heavy atom. The molecule has 1 fully saturated rings. The van der Waals surface area contributed by atoms with Crippen LogP contribution < -0.4 is 0 Å². The summed E-state index contributed by atoms with van der Waals surface area (Å²) in [7, 11) is 1.73. The molecule has 0 spiro atoms. The molecule has 204 valence electrons. The number of amides is 2. The van der Waals surface area contributed by atoms with Crippen LogP contribution in [0.5, 0.6) is 0 Å². The Morgan fingerprint density at radius 3 is 2.61 bits per heavy atom. The number of ether oxygens (including phenoxy) is 1. The summed E-state index contributed by atoms with van der Waals surface area (Å²) in [6.45, 7) is 12.9. The summed E-state index contributed by atoms with van der Waals surface area (Å²) in [6, 6.07) is 4.34. The number of pyridine rings is 1. The molecule has 3 heterocycles. The van der Waals surface area contributed by atoms with Crippen molar-refractivity contribution in [1.82, 2.24) is 19.4 Å². The summed E-state index contributed by atoms with van der Waals surface area (Å²) < 4.78 is 21.9. The number of carbonyl (C=O) groups is 2. The Labute approximate surface area is 224 Å². The fourth-order valence-electron chi connectivity index (χ4n) is 5.07. The highest BCUT2D eigenvalue weighted by Crippen LogP contribution is 2.33. The second-order valence-corrected chi connectivity index (χ2v) is 11.5. The van der Waals surface area contributed by atoms with E-state index in [4.69, 9.17) is 4.74 Å². The Bertz CT molecular complexity index is 1340. The van der Waals surface area contributed by atoms with E-state index in [9.17, 15) is 14.0 Å². The molecule has 0 N–H and O–H groups in total. The number of aryl methyl sites for hydroxylation is 1. The van der Waals surface area contributed by atoms with E-state index in [0.717, 1.165) is 41.3 Å². The van der Waals surface area contributed by atoms with Gasteiger partial charge in [-0.3, -0.25) is 9.78 Å². The Hall–Kier alpha value is -3.42. The van der Waals surface area contributed by atoms with E-state index in [-0.39, 0.29) is 24.0 Å². The Kier molecular flexibility index (Phi) is 7.81. The maximum Gasteiger partial charge on any atom is 0.410 e. The molecule has 1 atom stereocenters. The van der Waals surface area contributed by atoms with Gasteiger partial charge in [-0.1, -0.05) is 6.92 Å². The number of hydrogen-bond acceptors (Lipinski definition) is 4. The molecule has 4 rings (SSSR count). The molecule has 0 aliphatic carbocycles. The van der Waals surface area contributed by atoms with E-state index in [0.29, 0.717) is 24.3 Å². The number of carbonyl (C=O) groups excluding carboxylic acids is 2. The van der Waals surface area contributed by atoms with Gasteiger partial charge in [0.05, 0.1) is 23.0 Å².